The molecule has 0 fully saturated rings. The summed E-state index contributed by atoms with van der Waals surface area (Å²) in [4.78, 5) is 0. The van der Waals surface area contributed by atoms with E-state index in [2.05, 4.69) is 18.4 Å². The highest BCUT2D eigenvalue weighted by molar-refractivity contribution is 5.81. The Morgan fingerprint density at radius 2 is 1.73 bits per heavy atom. The minimum absolute atomic E-state index is 0.261. The van der Waals surface area contributed by atoms with E-state index in [1.165, 1.54) is 23.2 Å². The molecule has 4 nitrogen and oxygen atoms in total. The van der Waals surface area contributed by atoms with Gasteiger partial charge in [-0.1, -0.05) is 12.6 Å². The van der Waals surface area contributed by atoms with Crippen LogP contribution in [0.1, 0.15) is 0 Å². The van der Waals surface area contributed by atoms with Crippen molar-refractivity contribution < 1.29 is 13.5 Å². The maximum atomic E-state index is 13.5. The van der Waals surface area contributed by atoms with E-state index in [1.54, 1.807) is 12.1 Å². The lowest BCUT2D eigenvalue weighted by molar-refractivity contribution is 0.407. The number of benzene rings is 2. The Hall–Kier alpha value is -3.02. The molecule has 0 amide bonds. The predicted molar refractivity (Wildman–Crippen MR) is 82.8 cm³/mol. The first kappa shape index (κ1) is 15.4. The van der Waals surface area contributed by atoms with E-state index in [0.717, 1.165) is 18.3 Å². The van der Waals surface area contributed by atoms with Crippen molar-refractivity contribution in [2.75, 3.05) is 5.01 Å². The van der Waals surface area contributed by atoms with Crippen molar-refractivity contribution in [2.24, 2.45) is 5.10 Å². The lowest BCUT2D eigenvalue weighted by atomic mass is 10.2. The standard InChI is InChI=1S/C16H13F2N3O/c1-11(10-19)21(20-2)12-6-8-13(9-7-12)22-16-14(17)4-3-5-15(16)18/h3-10,19H,1-2H2. The average Bonchev–Trinajstić information content (AvgIpc) is 2.53. The Kier molecular flexibility index (Phi) is 4.63. The van der Waals surface area contributed by atoms with Gasteiger partial charge < -0.3 is 10.1 Å². The summed E-state index contributed by atoms with van der Waals surface area (Å²) in [5.41, 5.74) is 0.911. The lowest BCUT2D eigenvalue weighted by Gasteiger charge is -2.18. The highest BCUT2D eigenvalue weighted by atomic mass is 19.1. The molecule has 0 aliphatic carbocycles. The Balaban J connectivity index is 2.24. The second-order valence-electron chi connectivity index (χ2n) is 4.24. The SMILES string of the molecule is C=NN(C(=C)C=N)c1ccc(Oc2c(F)cccc2F)cc1. The summed E-state index contributed by atoms with van der Waals surface area (Å²) in [6.45, 7) is 7.05. The Morgan fingerprint density at radius 1 is 1.14 bits per heavy atom. The van der Waals surface area contributed by atoms with E-state index in [-0.39, 0.29) is 5.75 Å². The van der Waals surface area contributed by atoms with E-state index >= 15 is 0 Å². The molecule has 2 rings (SSSR count). The van der Waals surface area contributed by atoms with Gasteiger partial charge in [0, 0.05) is 12.9 Å². The molecule has 0 aromatic heterocycles. The number of rotatable bonds is 6. The zero-order valence-corrected chi connectivity index (χ0v) is 11.6. The molecule has 2 aromatic rings. The third-order valence-corrected chi connectivity index (χ3v) is 2.80. The molecule has 0 heterocycles. The molecule has 6 heteroatoms. The molecule has 0 aliphatic heterocycles. The van der Waals surface area contributed by atoms with Gasteiger partial charge in [-0.05, 0) is 36.4 Å². The molecule has 22 heavy (non-hydrogen) atoms. The van der Waals surface area contributed by atoms with Crippen LogP contribution in [-0.4, -0.2) is 12.9 Å². The highest BCUT2D eigenvalue weighted by Crippen LogP contribution is 2.29. The van der Waals surface area contributed by atoms with E-state index in [4.69, 9.17) is 10.1 Å². The second-order valence-corrected chi connectivity index (χ2v) is 4.24. The number of ether oxygens (including phenoxy) is 1. The smallest absolute Gasteiger partial charge is 0.198 e. The quantitative estimate of drug-likeness (QED) is 0.637. The number of anilines is 1. The zero-order chi connectivity index (χ0) is 16.1. The van der Waals surface area contributed by atoms with Crippen LogP contribution in [0.3, 0.4) is 0 Å². The average molecular weight is 301 g/mol. The van der Waals surface area contributed by atoms with Gasteiger partial charge in [-0.2, -0.15) is 5.10 Å². The van der Waals surface area contributed by atoms with Crippen LogP contribution in [0.15, 0.2) is 59.8 Å². The predicted octanol–water partition coefficient (Wildman–Crippen LogP) is 4.34. The van der Waals surface area contributed by atoms with Gasteiger partial charge >= 0.3 is 0 Å². The van der Waals surface area contributed by atoms with Gasteiger partial charge in [0.25, 0.3) is 0 Å². The van der Waals surface area contributed by atoms with Crippen LogP contribution in [0, 0.1) is 17.0 Å². The largest absolute Gasteiger partial charge is 0.451 e. The van der Waals surface area contributed by atoms with Gasteiger partial charge in [-0.15, -0.1) is 0 Å². The maximum Gasteiger partial charge on any atom is 0.198 e. The number of halogens is 2. The van der Waals surface area contributed by atoms with Crippen molar-refractivity contribution in [3.63, 3.8) is 0 Å². The third kappa shape index (κ3) is 3.17. The molecule has 1 N–H and O–H groups in total. The normalized spacial score (nSPS) is 9.91. The third-order valence-electron chi connectivity index (χ3n) is 2.80. The van der Waals surface area contributed by atoms with Crippen LogP contribution in [0.2, 0.25) is 0 Å². The van der Waals surface area contributed by atoms with Crippen LogP contribution >= 0.6 is 0 Å². The lowest BCUT2D eigenvalue weighted by Crippen LogP contribution is -2.14. The van der Waals surface area contributed by atoms with Crippen LogP contribution in [-0.2, 0) is 0 Å². The van der Waals surface area contributed by atoms with E-state index < -0.39 is 17.4 Å². The molecule has 112 valence electrons. The van der Waals surface area contributed by atoms with Gasteiger partial charge in [0.05, 0.1) is 11.4 Å². The van der Waals surface area contributed by atoms with Crippen molar-refractivity contribution in [1.82, 2.24) is 0 Å². The van der Waals surface area contributed by atoms with Crippen molar-refractivity contribution >= 4 is 18.6 Å². The molecule has 0 saturated heterocycles. The molecule has 0 saturated carbocycles. The van der Waals surface area contributed by atoms with Crippen molar-refractivity contribution in [1.29, 1.82) is 5.41 Å². The first-order chi connectivity index (χ1) is 10.6. The minimum Gasteiger partial charge on any atom is -0.451 e. The number of hydrazone groups is 1. The number of hydrogen-bond donors (Lipinski definition) is 1. The fourth-order valence-electron chi connectivity index (χ4n) is 1.75. The van der Waals surface area contributed by atoms with Crippen molar-refractivity contribution in [3.05, 3.63) is 66.4 Å². The molecule has 0 radical (unpaired) electrons. The molecule has 0 atom stereocenters. The van der Waals surface area contributed by atoms with E-state index in [0.29, 0.717) is 11.4 Å². The van der Waals surface area contributed by atoms with Gasteiger partial charge in [0.2, 0.25) is 0 Å². The maximum absolute atomic E-state index is 13.5. The van der Waals surface area contributed by atoms with Crippen LogP contribution in [0.5, 0.6) is 11.5 Å². The number of para-hydroxylation sites is 1. The summed E-state index contributed by atoms with van der Waals surface area (Å²) in [5, 5.41) is 12.3. The highest BCUT2D eigenvalue weighted by Gasteiger charge is 2.12. The number of allylic oxidation sites excluding steroid dienone is 1. The summed E-state index contributed by atoms with van der Waals surface area (Å²) in [6.07, 6.45) is 1.04. The Labute approximate surface area is 126 Å². The molecular weight excluding hydrogens is 288 g/mol. The number of nitrogens with one attached hydrogen (secondary N) is 1. The van der Waals surface area contributed by atoms with E-state index in [1.807, 2.05) is 0 Å². The van der Waals surface area contributed by atoms with E-state index in [9.17, 15) is 8.78 Å². The number of hydrogen-bond acceptors (Lipinski definition) is 4. The fourth-order valence-corrected chi connectivity index (χ4v) is 1.75. The van der Waals surface area contributed by atoms with Gasteiger partial charge in [-0.3, -0.25) is 0 Å². The van der Waals surface area contributed by atoms with Crippen LogP contribution in [0.25, 0.3) is 0 Å². The summed E-state index contributed by atoms with van der Waals surface area (Å²) < 4.78 is 32.2. The molecule has 0 bridgehead atoms. The van der Waals surface area contributed by atoms with Gasteiger partial charge in [0.15, 0.2) is 17.4 Å². The number of nitrogens with zero attached hydrogens (tertiary/aromatic N) is 2. The second kappa shape index (κ2) is 6.62. The summed E-state index contributed by atoms with van der Waals surface area (Å²) in [6, 6.07) is 9.76. The minimum atomic E-state index is -0.782. The van der Waals surface area contributed by atoms with Crippen LogP contribution in [0.4, 0.5) is 14.5 Å². The fraction of sp³-hybridized carbons (Fsp3) is 0. The van der Waals surface area contributed by atoms with Gasteiger partial charge in [0.1, 0.15) is 5.75 Å². The topological polar surface area (TPSA) is 48.7 Å². The molecule has 2 aromatic carbocycles. The molecule has 0 spiro atoms. The Bertz CT molecular complexity index is 694. The van der Waals surface area contributed by atoms with Crippen molar-refractivity contribution in [2.45, 2.75) is 0 Å². The molecule has 0 aliphatic rings. The van der Waals surface area contributed by atoms with Gasteiger partial charge in [-0.25, -0.2) is 13.8 Å². The first-order valence-corrected chi connectivity index (χ1v) is 6.25. The molecule has 0 unspecified atom stereocenters. The van der Waals surface area contributed by atoms with Crippen molar-refractivity contribution in [3.8, 4) is 11.5 Å². The molecular formula is C16H13F2N3O. The van der Waals surface area contributed by atoms with Crippen LogP contribution < -0.4 is 9.75 Å². The summed E-state index contributed by atoms with van der Waals surface area (Å²) in [5.74, 6) is -1.76. The monoisotopic (exact) mass is 301 g/mol. The summed E-state index contributed by atoms with van der Waals surface area (Å²) >= 11 is 0. The Morgan fingerprint density at radius 3 is 2.23 bits per heavy atom. The first-order valence-electron chi connectivity index (χ1n) is 6.25. The summed E-state index contributed by atoms with van der Waals surface area (Å²) in [7, 11) is 0. The zero-order valence-electron chi connectivity index (χ0n) is 11.6.